The molecular formula is C55H67N2O5P. The van der Waals surface area contributed by atoms with Crippen molar-refractivity contribution in [2.75, 3.05) is 26.3 Å². The number of carboxylic acids is 1. The highest BCUT2D eigenvalue weighted by Crippen LogP contribution is 2.55. The Morgan fingerprint density at radius 2 is 1.08 bits per heavy atom. The summed E-state index contributed by atoms with van der Waals surface area (Å²) in [5, 5.41) is 32.4. The van der Waals surface area contributed by atoms with Crippen molar-refractivity contribution in [1.29, 1.82) is 0 Å². The van der Waals surface area contributed by atoms with Gasteiger partial charge in [-0.15, -0.1) is 0 Å². The fraction of sp³-hybridized carbons (Fsp3) is 0.418. The third-order valence-corrected chi connectivity index (χ3v) is 15.2. The quantitative estimate of drug-likeness (QED) is 0.104. The number of nitrogens with two attached hydrogens (primary N) is 1. The van der Waals surface area contributed by atoms with Crippen LogP contribution in [0, 0.1) is 6.92 Å². The molecule has 6 N–H and O–H groups in total. The Morgan fingerprint density at radius 3 is 1.57 bits per heavy atom. The lowest BCUT2D eigenvalue weighted by Gasteiger charge is -2.30. The molecule has 0 aromatic heterocycles. The number of carboxylic acid groups (broad SMARTS) is 1. The molecule has 7 nitrogen and oxygen atoms in total. The molecule has 5 aromatic carbocycles. The van der Waals surface area contributed by atoms with Crippen LogP contribution in [0.15, 0.2) is 91.0 Å². The van der Waals surface area contributed by atoms with Crippen molar-refractivity contribution in [2.45, 2.75) is 121 Å². The smallest absolute Gasteiger partial charge is 0.336 e. The topological polar surface area (TPSA) is 133 Å². The molecule has 0 aliphatic heterocycles. The van der Waals surface area contributed by atoms with Gasteiger partial charge in [0.05, 0.1) is 18.8 Å². The summed E-state index contributed by atoms with van der Waals surface area (Å²) >= 11 is 0. The molecule has 0 saturated carbocycles. The number of carbonyl (C=O) groups is 2. The Labute approximate surface area is 376 Å². The van der Waals surface area contributed by atoms with E-state index in [-0.39, 0.29) is 40.8 Å². The van der Waals surface area contributed by atoms with Crippen LogP contribution in [0.5, 0.6) is 0 Å². The van der Waals surface area contributed by atoms with Crippen molar-refractivity contribution in [3.63, 3.8) is 0 Å². The molecule has 0 bridgehead atoms. The van der Waals surface area contributed by atoms with Crippen LogP contribution in [-0.2, 0) is 47.3 Å². The van der Waals surface area contributed by atoms with Gasteiger partial charge in [0.1, 0.15) is 0 Å². The summed E-state index contributed by atoms with van der Waals surface area (Å²) < 4.78 is 0. The largest absolute Gasteiger partial charge is 0.478 e. The van der Waals surface area contributed by atoms with Crippen LogP contribution < -0.4 is 21.7 Å². The molecule has 9 rings (SSSR count). The van der Waals surface area contributed by atoms with Gasteiger partial charge in [-0.3, -0.25) is 4.79 Å². The molecule has 0 radical (unpaired) electrons. The first-order valence-electron chi connectivity index (χ1n) is 22.8. The van der Waals surface area contributed by atoms with E-state index in [1.807, 2.05) is 18.2 Å². The first-order valence-corrected chi connectivity index (χ1v) is 23.8. The lowest BCUT2D eigenvalue weighted by Crippen LogP contribution is -2.31. The van der Waals surface area contributed by atoms with Crippen LogP contribution in [0.1, 0.15) is 149 Å². The molecule has 0 saturated heterocycles. The van der Waals surface area contributed by atoms with E-state index in [9.17, 15) is 14.7 Å². The minimum atomic E-state index is -0.802. The number of hydrogen-bond acceptors (Lipinski definition) is 5. The van der Waals surface area contributed by atoms with Crippen molar-refractivity contribution in [3.8, 4) is 0 Å². The van der Waals surface area contributed by atoms with Gasteiger partial charge < -0.3 is 26.4 Å². The predicted octanol–water partition coefficient (Wildman–Crippen LogP) is 8.62. The lowest BCUT2D eigenvalue weighted by atomic mass is 9.73. The number of nitrogens with one attached hydrogen (secondary N) is 1. The Balaban J connectivity index is 0.000000184. The standard InChI is InChI=1S/C32H37O2P.C21H23NO2.C2H7NO/c1-30(2,3)22-17-23(31(4,5)6)19-24(18-22)35-26-12-8-10-21-14-16-32(28(21)26)15-13-20-9-7-11-25(27(20)32)29(33)34;1-14-4-2-5-15-8-10-21(18(14)15)11-9-16-6-3-7-17(19(16)21)20(24)22-12-13-23;3-1-2-4/h7-12,17-19,35H,13-16H2,1-6H3,(H,33,34);2-7,23H,8-13H2,1H3,(H,22,24);4H,1-3H2/t32-;21-;/m00./s1. The van der Waals surface area contributed by atoms with Gasteiger partial charge >= 0.3 is 5.97 Å². The summed E-state index contributed by atoms with van der Waals surface area (Å²) in [5.74, 6) is -0.867. The van der Waals surface area contributed by atoms with Gasteiger partial charge in [0.25, 0.3) is 5.91 Å². The number of amides is 1. The summed E-state index contributed by atoms with van der Waals surface area (Å²) in [7, 11) is 0.551. The second-order valence-corrected chi connectivity index (χ2v) is 21.4. The highest BCUT2D eigenvalue weighted by Gasteiger charge is 2.49. The summed E-state index contributed by atoms with van der Waals surface area (Å²) in [5.41, 5.74) is 20.7. The number of aliphatic hydroxyl groups is 2. The van der Waals surface area contributed by atoms with Gasteiger partial charge in [-0.05, 0) is 153 Å². The van der Waals surface area contributed by atoms with E-state index in [1.165, 1.54) is 66.2 Å². The summed E-state index contributed by atoms with van der Waals surface area (Å²) in [6, 6.07) is 32.5. The highest BCUT2D eigenvalue weighted by molar-refractivity contribution is 7.55. The van der Waals surface area contributed by atoms with E-state index in [0.717, 1.165) is 62.5 Å². The zero-order valence-corrected chi connectivity index (χ0v) is 39.4. The van der Waals surface area contributed by atoms with Crippen LogP contribution in [0.4, 0.5) is 0 Å². The maximum absolute atomic E-state index is 12.7. The number of aromatic carboxylic acids is 1. The van der Waals surface area contributed by atoms with Crippen LogP contribution in [0.2, 0.25) is 0 Å². The Hall–Kier alpha value is -4.65. The van der Waals surface area contributed by atoms with Gasteiger partial charge in [0, 0.05) is 29.5 Å². The molecule has 332 valence electrons. The van der Waals surface area contributed by atoms with Crippen molar-refractivity contribution < 1.29 is 24.9 Å². The van der Waals surface area contributed by atoms with E-state index in [0.29, 0.717) is 27.2 Å². The fourth-order valence-corrected chi connectivity index (χ4v) is 12.6. The number of aryl methyl sites for hydroxylation is 5. The van der Waals surface area contributed by atoms with Crippen molar-refractivity contribution in [2.24, 2.45) is 5.73 Å². The normalized spacial score (nSPS) is 19.3. The van der Waals surface area contributed by atoms with Gasteiger partial charge in [0.2, 0.25) is 0 Å². The average Bonchev–Trinajstić information content (AvgIpc) is 4.04. The van der Waals surface area contributed by atoms with Gasteiger partial charge in [0.15, 0.2) is 0 Å². The van der Waals surface area contributed by atoms with Crippen LogP contribution in [0.25, 0.3) is 0 Å². The minimum Gasteiger partial charge on any atom is -0.478 e. The number of hydrogen-bond donors (Lipinski definition) is 5. The molecule has 4 aliphatic rings. The van der Waals surface area contributed by atoms with Crippen LogP contribution >= 0.6 is 8.58 Å². The van der Waals surface area contributed by atoms with Crippen molar-refractivity contribution in [3.05, 3.63) is 163 Å². The molecule has 2 spiro atoms. The van der Waals surface area contributed by atoms with E-state index in [2.05, 4.69) is 121 Å². The molecule has 0 heterocycles. The lowest BCUT2D eigenvalue weighted by molar-refractivity contribution is 0.0694. The van der Waals surface area contributed by atoms with E-state index in [1.54, 1.807) is 6.07 Å². The van der Waals surface area contributed by atoms with Crippen LogP contribution in [-0.4, -0.2) is 53.5 Å². The Morgan fingerprint density at radius 1 is 0.635 bits per heavy atom. The number of aliphatic hydroxyl groups excluding tert-OH is 2. The zero-order valence-electron chi connectivity index (χ0n) is 38.4. The molecule has 1 amide bonds. The first-order chi connectivity index (χ1) is 30.0. The SMILES string of the molecule is CC(C)(C)c1cc(Pc2cccc3c2[C@]2(CC3)CCc3cccc(C(=O)O)c32)cc(C(C)(C)C)c1.Cc1cccc2c1[C@]1(CC2)CCc2cccc(C(=O)NCCO)c21.NCCO. The summed E-state index contributed by atoms with van der Waals surface area (Å²) in [6.07, 6.45) is 8.30. The summed E-state index contributed by atoms with van der Waals surface area (Å²) in [6.45, 7) is 16.7. The van der Waals surface area contributed by atoms with Crippen LogP contribution in [0.3, 0.4) is 0 Å². The van der Waals surface area contributed by atoms with Gasteiger partial charge in [-0.25, -0.2) is 4.79 Å². The van der Waals surface area contributed by atoms with Crippen molar-refractivity contribution in [1.82, 2.24) is 5.32 Å². The monoisotopic (exact) mass is 866 g/mol. The van der Waals surface area contributed by atoms with E-state index >= 15 is 0 Å². The Bertz CT molecular complexity index is 2470. The third kappa shape index (κ3) is 8.92. The predicted molar refractivity (Wildman–Crippen MR) is 259 cm³/mol. The average molecular weight is 867 g/mol. The first kappa shape index (κ1) is 46.3. The number of benzene rings is 5. The fourth-order valence-electron chi connectivity index (χ4n) is 11.1. The molecule has 4 aliphatic carbocycles. The maximum Gasteiger partial charge on any atom is 0.336 e. The molecule has 63 heavy (non-hydrogen) atoms. The van der Waals surface area contributed by atoms with Crippen molar-refractivity contribution >= 4 is 31.1 Å². The number of fused-ring (bicyclic) bond motifs is 8. The summed E-state index contributed by atoms with van der Waals surface area (Å²) in [4.78, 5) is 24.9. The number of carbonyl (C=O) groups excluding carboxylic acids is 1. The molecular weight excluding hydrogens is 800 g/mol. The zero-order chi connectivity index (χ0) is 45.3. The maximum atomic E-state index is 12.7. The molecule has 8 heteroatoms. The van der Waals surface area contributed by atoms with Gasteiger partial charge in [-0.1, -0.05) is 129 Å². The van der Waals surface area contributed by atoms with Gasteiger partial charge in [-0.2, -0.15) is 0 Å². The Kier molecular flexibility index (Phi) is 13.6. The molecule has 5 aromatic rings. The highest BCUT2D eigenvalue weighted by atomic mass is 31.1. The third-order valence-electron chi connectivity index (χ3n) is 14.0. The second-order valence-electron chi connectivity index (χ2n) is 20.0. The van der Waals surface area contributed by atoms with E-state index < -0.39 is 5.97 Å². The molecule has 3 atom stereocenters. The second kappa shape index (κ2) is 18.4. The number of rotatable bonds is 7. The minimum absolute atomic E-state index is 0.0108. The molecule has 0 fully saturated rings. The van der Waals surface area contributed by atoms with E-state index in [4.69, 9.17) is 15.9 Å². The molecule has 1 unspecified atom stereocenters.